The van der Waals surface area contributed by atoms with Crippen LogP contribution in [0.25, 0.3) is 0 Å². The van der Waals surface area contributed by atoms with Gasteiger partial charge >= 0.3 is 0 Å². The lowest BCUT2D eigenvalue weighted by molar-refractivity contribution is -0.122. The Labute approximate surface area is 107 Å². The average Bonchev–Trinajstić information content (AvgIpc) is 2.26. The molecule has 0 aromatic rings. The molecular formula is C11H23NO2S2. The summed E-state index contributed by atoms with van der Waals surface area (Å²) < 4.78 is 5.41. The summed E-state index contributed by atoms with van der Waals surface area (Å²) in [5.74, 6) is 2.21. The Morgan fingerprint density at radius 2 is 2.06 bits per heavy atom. The summed E-state index contributed by atoms with van der Waals surface area (Å²) in [6.07, 6.45) is 2.61. The zero-order valence-electron chi connectivity index (χ0n) is 10.2. The van der Waals surface area contributed by atoms with E-state index >= 15 is 0 Å². The van der Waals surface area contributed by atoms with Crippen LogP contribution in [0.1, 0.15) is 33.1 Å². The minimum atomic E-state index is 0.170. The van der Waals surface area contributed by atoms with Crippen molar-refractivity contribution in [3.63, 3.8) is 0 Å². The van der Waals surface area contributed by atoms with Crippen molar-refractivity contribution in [2.45, 2.75) is 33.1 Å². The molecule has 2 N–H and O–H groups in total. The second-order valence-corrected chi connectivity index (χ2v) is 6.36. The molecule has 0 aromatic heterocycles. The Kier molecular flexibility index (Phi) is 12.0. The highest BCUT2D eigenvalue weighted by molar-refractivity contribution is 8.76. The first-order chi connectivity index (χ1) is 7.68. The predicted molar refractivity (Wildman–Crippen MR) is 73.6 cm³/mol. The molecule has 3 nitrogen and oxygen atoms in total. The number of rotatable bonds is 11. The maximum absolute atomic E-state index is 11.3. The number of unbranched alkanes of at least 4 members (excludes halogenated alkanes) is 1. The van der Waals surface area contributed by atoms with E-state index in [1.54, 1.807) is 21.6 Å². The van der Waals surface area contributed by atoms with Gasteiger partial charge in [0, 0.05) is 31.2 Å². The summed E-state index contributed by atoms with van der Waals surface area (Å²) in [5, 5.41) is 0. The van der Waals surface area contributed by atoms with Gasteiger partial charge in [-0.3, -0.25) is 4.79 Å². The van der Waals surface area contributed by atoms with Crippen LogP contribution in [0.3, 0.4) is 0 Å². The van der Waals surface area contributed by atoms with Crippen molar-refractivity contribution in [2.24, 2.45) is 11.7 Å². The zero-order chi connectivity index (χ0) is 12.2. The van der Waals surface area contributed by atoms with Gasteiger partial charge < -0.3 is 10.5 Å². The van der Waals surface area contributed by atoms with Gasteiger partial charge in [-0.1, -0.05) is 35.4 Å². The van der Waals surface area contributed by atoms with E-state index in [-0.39, 0.29) is 5.92 Å². The first kappa shape index (κ1) is 16.3. The van der Waals surface area contributed by atoms with Crippen LogP contribution in [0.15, 0.2) is 0 Å². The van der Waals surface area contributed by atoms with Crippen molar-refractivity contribution in [2.75, 3.05) is 24.8 Å². The normalized spacial score (nSPS) is 11.0. The molecule has 0 heterocycles. The molecule has 0 fully saturated rings. The molecule has 0 aliphatic rings. The Balaban J connectivity index is 3.07. The summed E-state index contributed by atoms with van der Waals surface area (Å²) >= 11 is 0. The second kappa shape index (κ2) is 11.8. The average molecular weight is 265 g/mol. The van der Waals surface area contributed by atoms with Gasteiger partial charge in [0.05, 0.1) is 0 Å². The lowest BCUT2D eigenvalue weighted by atomic mass is 10.0. The summed E-state index contributed by atoms with van der Waals surface area (Å²) in [6.45, 7) is 5.37. The number of Topliss-reactive ketones (excluding diaryl/α,β-unsaturated/α-hetero) is 1. The fourth-order valence-corrected chi connectivity index (χ4v) is 2.54. The molecule has 96 valence electrons. The minimum Gasteiger partial charge on any atom is -0.370 e. The van der Waals surface area contributed by atoms with E-state index in [4.69, 9.17) is 10.5 Å². The van der Waals surface area contributed by atoms with Gasteiger partial charge in [-0.15, -0.1) is 0 Å². The first-order valence-electron chi connectivity index (χ1n) is 5.73. The van der Waals surface area contributed by atoms with E-state index in [0.29, 0.717) is 18.1 Å². The Bertz CT molecular complexity index is 177. The monoisotopic (exact) mass is 265 g/mol. The Morgan fingerprint density at radius 1 is 1.31 bits per heavy atom. The van der Waals surface area contributed by atoms with Crippen LogP contribution in [0.4, 0.5) is 0 Å². The fourth-order valence-electron chi connectivity index (χ4n) is 1.03. The summed E-state index contributed by atoms with van der Waals surface area (Å²) in [7, 11) is 3.43. The minimum absolute atomic E-state index is 0.170. The van der Waals surface area contributed by atoms with Gasteiger partial charge in [-0.05, 0) is 12.8 Å². The molecule has 0 atom stereocenters. The molecule has 0 radical (unpaired) electrons. The molecule has 5 heteroatoms. The molecule has 0 unspecified atom stereocenters. The SMILES string of the molecule is CC(C)C(=O)CCCCOCSSCCN. The molecule has 0 saturated heterocycles. The summed E-state index contributed by atoms with van der Waals surface area (Å²) in [4.78, 5) is 11.3. The topological polar surface area (TPSA) is 52.3 Å². The van der Waals surface area contributed by atoms with E-state index in [1.165, 1.54) is 0 Å². The van der Waals surface area contributed by atoms with Gasteiger partial charge in [0.25, 0.3) is 0 Å². The predicted octanol–water partition coefficient (Wildman–Crippen LogP) is 2.70. The lowest BCUT2D eigenvalue weighted by Crippen LogP contribution is -2.06. The molecular weight excluding hydrogens is 242 g/mol. The van der Waals surface area contributed by atoms with Crippen molar-refractivity contribution in [1.82, 2.24) is 0 Å². The molecule has 0 aliphatic carbocycles. The van der Waals surface area contributed by atoms with Gasteiger partial charge in [-0.2, -0.15) is 0 Å². The quantitative estimate of drug-likeness (QED) is 0.354. The number of carbonyl (C=O) groups excluding carboxylic acids is 1. The van der Waals surface area contributed by atoms with Gasteiger partial charge in [0.2, 0.25) is 0 Å². The summed E-state index contributed by atoms with van der Waals surface area (Å²) in [5.41, 5.74) is 5.35. The maximum Gasteiger partial charge on any atom is 0.135 e. The van der Waals surface area contributed by atoms with Crippen LogP contribution in [-0.2, 0) is 9.53 Å². The highest BCUT2D eigenvalue weighted by Crippen LogP contribution is 2.19. The molecule has 0 aromatic carbocycles. The van der Waals surface area contributed by atoms with Gasteiger partial charge in [0.15, 0.2) is 0 Å². The van der Waals surface area contributed by atoms with Crippen molar-refractivity contribution < 1.29 is 9.53 Å². The van der Waals surface area contributed by atoms with Crippen LogP contribution >= 0.6 is 21.6 Å². The van der Waals surface area contributed by atoms with Crippen LogP contribution < -0.4 is 5.73 Å². The third-order valence-electron chi connectivity index (χ3n) is 2.02. The van der Waals surface area contributed by atoms with Crippen LogP contribution in [-0.4, -0.2) is 30.6 Å². The maximum atomic E-state index is 11.3. The number of carbonyl (C=O) groups is 1. The van der Waals surface area contributed by atoms with Crippen LogP contribution in [0.5, 0.6) is 0 Å². The highest BCUT2D eigenvalue weighted by Gasteiger charge is 2.05. The molecule has 0 saturated carbocycles. The fraction of sp³-hybridized carbons (Fsp3) is 0.909. The van der Waals surface area contributed by atoms with Crippen molar-refractivity contribution in [3.8, 4) is 0 Å². The standard InChI is InChI=1S/C11H23NO2S2/c1-10(2)11(13)5-3-4-7-14-9-16-15-8-6-12/h10H,3-9,12H2,1-2H3. The van der Waals surface area contributed by atoms with E-state index in [1.807, 2.05) is 13.8 Å². The molecule has 0 rings (SSSR count). The van der Waals surface area contributed by atoms with Crippen LogP contribution in [0, 0.1) is 5.92 Å². The molecule has 0 amide bonds. The third kappa shape index (κ3) is 10.8. The second-order valence-electron chi connectivity index (χ2n) is 3.83. The Hall–Kier alpha value is 0.290. The highest BCUT2D eigenvalue weighted by atomic mass is 33.1. The largest absolute Gasteiger partial charge is 0.370 e. The molecule has 0 spiro atoms. The smallest absolute Gasteiger partial charge is 0.135 e. The number of ketones is 1. The van der Waals surface area contributed by atoms with Crippen molar-refractivity contribution >= 4 is 27.4 Å². The number of hydrogen-bond donors (Lipinski definition) is 1. The van der Waals surface area contributed by atoms with Crippen molar-refractivity contribution in [3.05, 3.63) is 0 Å². The lowest BCUT2D eigenvalue weighted by Gasteiger charge is -2.05. The molecule has 0 aliphatic heterocycles. The van der Waals surface area contributed by atoms with E-state index in [0.717, 1.165) is 31.7 Å². The zero-order valence-corrected chi connectivity index (χ0v) is 11.9. The Morgan fingerprint density at radius 3 is 2.69 bits per heavy atom. The van der Waals surface area contributed by atoms with E-state index < -0.39 is 0 Å². The van der Waals surface area contributed by atoms with Crippen LogP contribution in [0.2, 0.25) is 0 Å². The molecule has 0 bridgehead atoms. The number of nitrogens with two attached hydrogens (primary N) is 1. The number of hydrogen-bond acceptors (Lipinski definition) is 5. The first-order valence-corrected chi connectivity index (χ1v) is 8.22. The van der Waals surface area contributed by atoms with Gasteiger partial charge in [-0.25, -0.2) is 0 Å². The van der Waals surface area contributed by atoms with Gasteiger partial charge in [0.1, 0.15) is 11.7 Å². The number of ether oxygens (including phenoxy) is 1. The summed E-state index contributed by atoms with van der Waals surface area (Å²) in [6, 6.07) is 0. The third-order valence-corrected chi connectivity index (χ3v) is 4.14. The molecule has 16 heavy (non-hydrogen) atoms. The van der Waals surface area contributed by atoms with E-state index in [9.17, 15) is 4.79 Å². The van der Waals surface area contributed by atoms with E-state index in [2.05, 4.69) is 0 Å². The van der Waals surface area contributed by atoms with Crippen molar-refractivity contribution in [1.29, 1.82) is 0 Å².